The SMILES string of the molecule is Cc1cc(C)n(CCNC(=O)c2nnn(-c3ccc(C(F)(F)F)cc3)n2)n1. The average molecular weight is 379 g/mol. The zero-order chi connectivity index (χ0) is 19.6. The van der Waals surface area contributed by atoms with E-state index >= 15 is 0 Å². The van der Waals surface area contributed by atoms with Gasteiger partial charge in [0.2, 0.25) is 0 Å². The number of hydrogen-bond acceptors (Lipinski definition) is 5. The van der Waals surface area contributed by atoms with E-state index in [1.807, 2.05) is 19.9 Å². The van der Waals surface area contributed by atoms with E-state index in [1.54, 1.807) is 4.68 Å². The second-order valence-corrected chi connectivity index (χ2v) is 5.85. The van der Waals surface area contributed by atoms with Crippen molar-refractivity contribution in [3.05, 3.63) is 53.1 Å². The number of amides is 1. The van der Waals surface area contributed by atoms with Crippen molar-refractivity contribution in [3.8, 4) is 5.69 Å². The maximum Gasteiger partial charge on any atom is 0.416 e. The minimum Gasteiger partial charge on any atom is -0.347 e. The van der Waals surface area contributed by atoms with Crippen molar-refractivity contribution in [2.24, 2.45) is 0 Å². The second kappa shape index (κ2) is 7.17. The number of carbonyl (C=O) groups excluding carboxylic acids is 1. The van der Waals surface area contributed by atoms with Crippen LogP contribution in [0.4, 0.5) is 13.2 Å². The third kappa shape index (κ3) is 4.30. The number of nitrogens with zero attached hydrogens (tertiary/aromatic N) is 6. The molecule has 0 radical (unpaired) electrons. The van der Waals surface area contributed by atoms with Crippen LogP contribution in [0, 0.1) is 13.8 Å². The maximum atomic E-state index is 12.6. The Balaban J connectivity index is 1.61. The van der Waals surface area contributed by atoms with E-state index in [1.165, 1.54) is 12.1 Å². The van der Waals surface area contributed by atoms with E-state index in [2.05, 4.69) is 25.8 Å². The molecule has 0 saturated carbocycles. The Morgan fingerprint density at radius 1 is 1.15 bits per heavy atom. The average Bonchev–Trinajstić information content (AvgIpc) is 3.21. The van der Waals surface area contributed by atoms with Gasteiger partial charge in [-0.1, -0.05) is 0 Å². The highest BCUT2D eigenvalue weighted by Crippen LogP contribution is 2.29. The van der Waals surface area contributed by atoms with E-state index in [4.69, 9.17) is 0 Å². The van der Waals surface area contributed by atoms with Crippen LogP contribution >= 0.6 is 0 Å². The Bertz CT molecular complexity index is 944. The summed E-state index contributed by atoms with van der Waals surface area (Å²) in [5.74, 6) is -0.710. The van der Waals surface area contributed by atoms with E-state index in [0.717, 1.165) is 28.3 Å². The molecule has 1 N–H and O–H groups in total. The number of rotatable bonds is 5. The molecule has 0 saturated heterocycles. The van der Waals surface area contributed by atoms with E-state index < -0.39 is 17.6 Å². The Labute approximate surface area is 152 Å². The minimum absolute atomic E-state index is 0.178. The molecule has 0 bridgehead atoms. The van der Waals surface area contributed by atoms with Crippen molar-refractivity contribution in [2.45, 2.75) is 26.6 Å². The fraction of sp³-hybridized carbons (Fsp3) is 0.312. The van der Waals surface area contributed by atoms with Gasteiger partial charge in [0.25, 0.3) is 11.7 Å². The number of aryl methyl sites for hydroxylation is 2. The van der Waals surface area contributed by atoms with Gasteiger partial charge in [-0.2, -0.15) is 18.3 Å². The maximum absolute atomic E-state index is 12.6. The Morgan fingerprint density at radius 2 is 1.85 bits per heavy atom. The van der Waals surface area contributed by atoms with Gasteiger partial charge >= 0.3 is 6.18 Å². The van der Waals surface area contributed by atoms with Crippen LogP contribution < -0.4 is 5.32 Å². The molecule has 27 heavy (non-hydrogen) atoms. The zero-order valence-corrected chi connectivity index (χ0v) is 14.5. The highest BCUT2D eigenvalue weighted by Gasteiger charge is 2.30. The molecule has 3 aromatic rings. The van der Waals surface area contributed by atoms with Crippen LogP contribution in [0.5, 0.6) is 0 Å². The summed E-state index contributed by atoms with van der Waals surface area (Å²) in [6, 6.07) is 6.16. The molecule has 0 aliphatic heterocycles. The van der Waals surface area contributed by atoms with Crippen LogP contribution in [-0.2, 0) is 12.7 Å². The number of benzene rings is 1. The molecule has 2 aromatic heterocycles. The largest absolute Gasteiger partial charge is 0.416 e. The molecular formula is C16H16F3N7O. The van der Waals surface area contributed by atoms with E-state index in [9.17, 15) is 18.0 Å². The van der Waals surface area contributed by atoms with Gasteiger partial charge in [0, 0.05) is 12.2 Å². The number of halogens is 3. The molecule has 8 nitrogen and oxygen atoms in total. The van der Waals surface area contributed by atoms with Crippen molar-refractivity contribution in [1.29, 1.82) is 0 Å². The van der Waals surface area contributed by atoms with Crippen LogP contribution in [0.25, 0.3) is 5.69 Å². The topological polar surface area (TPSA) is 90.5 Å². The van der Waals surface area contributed by atoms with E-state index in [0.29, 0.717) is 13.1 Å². The predicted molar refractivity (Wildman–Crippen MR) is 88.2 cm³/mol. The summed E-state index contributed by atoms with van der Waals surface area (Å²) in [7, 11) is 0. The van der Waals surface area contributed by atoms with Gasteiger partial charge in [-0.3, -0.25) is 9.48 Å². The van der Waals surface area contributed by atoms with Crippen molar-refractivity contribution in [2.75, 3.05) is 6.54 Å². The van der Waals surface area contributed by atoms with Crippen LogP contribution in [0.3, 0.4) is 0 Å². The number of tetrazole rings is 1. The lowest BCUT2D eigenvalue weighted by atomic mass is 10.2. The molecule has 3 rings (SSSR count). The van der Waals surface area contributed by atoms with E-state index in [-0.39, 0.29) is 11.5 Å². The molecule has 0 atom stereocenters. The normalized spacial score (nSPS) is 11.6. The van der Waals surface area contributed by atoms with Crippen molar-refractivity contribution in [3.63, 3.8) is 0 Å². The summed E-state index contributed by atoms with van der Waals surface area (Å²) in [6.45, 7) is 4.60. The number of hydrogen-bond donors (Lipinski definition) is 1. The Hall–Kier alpha value is -3.24. The first-order valence-corrected chi connectivity index (χ1v) is 8.01. The van der Waals surface area contributed by atoms with Crippen LogP contribution in [0.2, 0.25) is 0 Å². The smallest absolute Gasteiger partial charge is 0.347 e. The number of alkyl halides is 3. The summed E-state index contributed by atoms with van der Waals surface area (Å²) in [4.78, 5) is 13.1. The van der Waals surface area contributed by atoms with Crippen molar-refractivity contribution in [1.82, 2.24) is 35.3 Å². The quantitative estimate of drug-likeness (QED) is 0.732. The van der Waals surface area contributed by atoms with Crippen molar-refractivity contribution >= 4 is 5.91 Å². The second-order valence-electron chi connectivity index (χ2n) is 5.85. The summed E-state index contributed by atoms with van der Waals surface area (Å²) >= 11 is 0. The summed E-state index contributed by atoms with van der Waals surface area (Å²) in [5, 5.41) is 18.2. The fourth-order valence-corrected chi connectivity index (χ4v) is 2.45. The van der Waals surface area contributed by atoms with Gasteiger partial charge in [-0.25, -0.2) is 0 Å². The van der Waals surface area contributed by atoms with Gasteiger partial charge < -0.3 is 5.32 Å². The highest BCUT2D eigenvalue weighted by molar-refractivity contribution is 5.90. The summed E-state index contributed by atoms with van der Waals surface area (Å²) < 4.78 is 39.5. The van der Waals surface area contributed by atoms with Crippen molar-refractivity contribution < 1.29 is 18.0 Å². The fourth-order valence-electron chi connectivity index (χ4n) is 2.45. The van der Waals surface area contributed by atoms with Gasteiger partial charge in [0.1, 0.15) is 0 Å². The number of aromatic nitrogens is 6. The first kappa shape index (κ1) is 18.5. The molecule has 11 heteroatoms. The molecule has 0 unspecified atom stereocenters. The molecular weight excluding hydrogens is 363 g/mol. The monoisotopic (exact) mass is 379 g/mol. The minimum atomic E-state index is -4.43. The summed E-state index contributed by atoms with van der Waals surface area (Å²) in [5.41, 5.74) is 1.35. The first-order valence-electron chi connectivity index (χ1n) is 8.01. The zero-order valence-electron chi connectivity index (χ0n) is 14.5. The van der Waals surface area contributed by atoms with Gasteiger partial charge in [0.05, 0.1) is 23.5 Å². The standard InChI is InChI=1S/C16H16F3N7O/c1-10-9-11(2)25(22-10)8-7-20-15(27)14-21-24-26(23-14)13-5-3-12(4-6-13)16(17,18)19/h3-6,9H,7-8H2,1-2H3,(H,20,27). The van der Waals surface area contributed by atoms with Gasteiger partial charge in [-0.15, -0.1) is 15.0 Å². The highest BCUT2D eigenvalue weighted by atomic mass is 19.4. The first-order chi connectivity index (χ1) is 12.7. The molecule has 142 valence electrons. The molecule has 0 aliphatic carbocycles. The molecule has 0 fully saturated rings. The Kier molecular flexibility index (Phi) is 4.93. The lowest BCUT2D eigenvalue weighted by Crippen LogP contribution is -2.28. The van der Waals surface area contributed by atoms with Crippen LogP contribution in [0.1, 0.15) is 27.6 Å². The third-order valence-corrected chi connectivity index (χ3v) is 3.75. The lowest BCUT2D eigenvalue weighted by molar-refractivity contribution is -0.137. The van der Waals surface area contributed by atoms with Crippen LogP contribution in [-0.4, -0.2) is 42.4 Å². The summed E-state index contributed by atoms with van der Waals surface area (Å²) in [6.07, 6.45) is -4.43. The van der Waals surface area contributed by atoms with Gasteiger partial charge in [-0.05, 0) is 49.4 Å². The number of nitrogens with one attached hydrogen (secondary N) is 1. The molecule has 1 amide bonds. The molecule has 0 spiro atoms. The lowest BCUT2D eigenvalue weighted by Gasteiger charge is -2.06. The van der Waals surface area contributed by atoms with Gasteiger partial charge in [0.15, 0.2) is 0 Å². The third-order valence-electron chi connectivity index (χ3n) is 3.75. The predicted octanol–water partition coefficient (Wildman–Crippen LogP) is 1.92. The molecule has 1 aromatic carbocycles. The molecule has 2 heterocycles. The van der Waals surface area contributed by atoms with Crippen LogP contribution in [0.15, 0.2) is 30.3 Å². The Morgan fingerprint density at radius 3 is 2.44 bits per heavy atom. The number of carbonyl (C=O) groups is 1. The molecule has 0 aliphatic rings.